The van der Waals surface area contributed by atoms with E-state index in [0.717, 1.165) is 11.1 Å². The van der Waals surface area contributed by atoms with E-state index in [0.29, 0.717) is 13.0 Å². The average Bonchev–Trinajstić information content (AvgIpc) is 2.52. The molecule has 0 saturated carbocycles. The zero-order valence-corrected chi connectivity index (χ0v) is 15.0. The van der Waals surface area contributed by atoms with Crippen LogP contribution in [0.1, 0.15) is 39.7 Å². The Bertz CT molecular complexity index is 552. The van der Waals surface area contributed by atoms with Gasteiger partial charge in [0.2, 0.25) is 0 Å². The smallest absolute Gasteiger partial charge is 0.123 e. The van der Waals surface area contributed by atoms with Crippen LogP contribution in [0.15, 0.2) is 42.0 Å². The molecule has 4 heteroatoms. The lowest BCUT2D eigenvalue weighted by Crippen LogP contribution is -2.61. The van der Waals surface area contributed by atoms with Crippen LogP contribution < -0.4 is 0 Å². The van der Waals surface area contributed by atoms with Crippen molar-refractivity contribution in [1.82, 2.24) is 0 Å². The Kier molecular flexibility index (Phi) is 6.21. The van der Waals surface area contributed by atoms with Crippen LogP contribution >= 0.6 is 0 Å². The van der Waals surface area contributed by atoms with E-state index in [4.69, 9.17) is 4.74 Å². The first-order valence-corrected chi connectivity index (χ1v) is 8.71. The van der Waals surface area contributed by atoms with E-state index in [1.165, 1.54) is 0 Å². The maximum absolute atomic E-state index is 10.9. The minimum atomic E-state index is -1.59. The number of rotatable bonds is 6. The summed E-state index contributed by atoms with van der Waals surface area (Å²) in [7, 11) is 0. The highest BCUT2D eigenvalue weighted by atomic mass is 16.5. The molecule has 1 aliphatic rings. The molecule has 0 unspecified atom stereocenters. The molecule has 134 valence electrons. The Morgan fingerprint density at radius 2 is 1.71 bits per heavy atom. The van der Waals surface area contributed by atoms with Crippen molar-refractivity contribution in [3.8, 4) is 0 Å². The first-order chi connectivity index (χ1) is 11.3. The minimum Gasteiger partial charge on any atom is -0.387 e. The van der Waals surface area contributed by atoms with Gasteiger partial charge in [0.05, 0.1) is 6.61 Å². The predicted octanol–water partition coefficient (Wildman–Crippen LogP) is 2.67. The van der Waals surface area contributed by atoms with Crippen molar-refractivity contribution in [3.63, 3.8) is 0 Å². The van der Waals surface area contributed by atoms with Crippen molar-refractivity contribution in [2.45, 2.75) is 64.6 Å². The number of benzene rings is 1. The SMILES string of the molecule is CC(C)C[C@]1(O)[C@H](O)C=C(C(C)C)[C@H](OCc2ccccc2)[C@@H]1O. The number of aliphatic hydroxyl groups is 3. The van der Waals surface area contributed by atoms with Crippen LogP contribution in [0.2, 0.25) is 0 Å². The van der Waals surface area contributed by atoms with Gasteiger partial charge in [-0.2, -0.15) is 0 Å². The Labute approximate surface area is 144 Å². The summed E-state index contributed by atoms with van der Waals surface area (Å²) in [5.74, 6) is 0.252. The summed E-state index contributed by atoms with van der Waals surface area (Å²) >= 11 is 0. The second-order valence-electron chi connectivity index (χ2n) is 7.52. The molecule has 0 fully saturated rings. The van der Waals surface area contributed by atoms with E-state index in [1.54, 1.807) is 6.08 Å². The molecule has 24 heavy (non-hydrogen) atoms. The van der Waals surface area contributed by atoms with Crippen LogP contribution in [0.4, 0.5) is 0 Å². The van der Waals surface area contributed by atoms with E-state index in [9.17, 15) is 15.3 Å². The molecule has 2 rings (SSSR count). The third-order valence-corrected chi connectivity index (χ3v) is 4.66. The average molecular weight is 334 g/mol. The molecule has 0 amide bonds. The molecule has 0 saturated heterocycles. The number of ether oxygens (including phenoxy) is 1. The Balaban J connectivity index is 2.26. The van der Waals surface area contributed by atoms with Gasteiger partial charge in [-0.15, -0.1) is 0 Å². The van der Waals surface area contributed by atoms with Gasteiger partial charge in [0.15, 0.2) is 0 Å². The predicted molar refractivity (Wildman–Crippen MR) is 94.4 cm³/mol. The third-order valence-electron chi connectivity index (χ3n) is 4.66. The molecule has 4 nitrogen and oxygen atoms in total. The molecule has 0 aromatic heterocycles. The zero-order valence-electron chi connectivity index (χ0n) is 15.0. The van der Waals surface area contributed by atoms with Crippen LogP contribution in [-0.2, 0) is 11.3 Å². The summed E-state index contributed by atoms with van der Waals surface area (Å²) in [6.45, 7) is 8.26. The van der Waals surface area contributed by atoms with Gasteiger partial charge in [-0.1, -0.05) is 64.1 Å². The lowest BCUT2D eigenvalue weighted by molar-refractivity contribution is -0.187. The highest BCUT2D eigenvalue weighted by molar-refractivity contribution is 5.26. The van der Waals surface area contributed by atoms with Crippen LogP contribution in [0.25, 0.3) is 0 Å². The Morgan fingerprint density at radius 3 is 2.25 bits per heavy atom. The minimum absolute atomic E-state index is 0.110. The van der Waals surface area contributed by atoms with Gasteiger partial charge in [0.1, 0.15) is 23.9 Å². The highest BCUT2D eigenvalue weighted by Gasteiger charge is 2.50. The monoisotopic (exact) mass is 334 g/mol. The van der Waals surface area contributed by atoms with Crippen molar-refractivity contribution in [3.05, 3.63) is 47.5 Å². The second kappa shape index (κ2) is 7.79. The maximum Gasteiger partial charge on any atom is 0.123 e. The quantitative estimate of drug-likeness (QED) is 0.700. The first-order valence-electron chi connectivity index (χ1n) is 8.71. The van der Waals surface area contributed by atoms with Gasteiger partial charge in [-0.25, -0.2) is 0 Å². The molecule has 0 aliphatic heterocycles. The maximum atomic E-state index is 10.9. The van der Waals surface area contributed by atoms with Crippen LogP contribution in [-0.4, -0.2) is 39.2 Å². The van der Waals surface area contributed by atoms with Gasteiger partial charge in [-0.05, 0) is 29.4 Å². The van der Waals surface area contributed by atoms with Crippen molar-refractivity contribution in [2.75, 3.05) is 0 Å². The Morgan fingerprint density at radius 1 is 1.08 bits per heavy atom. The summed E-state index contributed by atoms with van der Waals surface area (Å²) in [6.07, 6.45) is -0.917. The lowest BCUT2D eigenvalue weighted by Gasteiger charge is -2.45. The van der Waals surface area contributed by atoms with Gasteiger partial charge in [0, 0.05) is 0 Å². The van der Waals surface area contributed by atoms with E-state index < -0.39 is 23.9 Å². The molecule has 4 atom stereocenters. The van der Waals surface area contributed by atoms with Gasteiger partial charge < -0.3 is 20.1 Å². The summed E-state index contributed by atoms with van der Waals surface area (Å²) in [6, 6.07) is 9.74. The topological polar surface area (TPSA) is 69.9 Å². The first kappa shape index (κ1) is 19.1. The normalized spacial score (nSPS) is 30.7. The summed E-state index contributed by atoms with van der Waals surface area (Å²) < 4.78 is 5.99. The van der Waals surface area contributed by atoms with E-state index >= 15 is 0 Å². The van der Waals surface area contributed by atoms with E-state index in [-0.39, 0.29) is 11.8 Å². The molecule has 1 aromatic carbocycles. The Hall–Kier alpha value is -1.20. The molecular formula is C20H30O4. The number of hydrogen-bond acceptors (Lipinski definition) is 4. The van der Waals surface area contributed by atoms with Crippen molar-refractivity contribution >= 4 is 0 Å². The summed E-state index contributed by atoms with van der Waals surface area (Å²) in [5.41, 5.74) is 0.249. The molecular weight excluding hydrogens is 304 g/mol. The molecule has 3 N–H and O–H groups in total. The molecule has 1 aliphatic carbocycles. The third kappa shape index (κ3) is 4.06. The lowest BCUT2D eigenvalue weighted by atomic mass is 9.72. The summed E-state index contributed by atoms with van der Waals surface area (Å²) in [4.78, 5) is 0. The van der Waals surface area contributed by atoms with Crippen LogP contribution in [0, 0.1) is 11.8 Å². The molecule has 0 radical (unpaired) electrons. The fraction of sp³-hybridized carbons (Fsp3) is 0.600. The van der Waals surface area contributed by atoms with Crippen LogP contribution in [0.5, 0.6) is 0 Å². The fourth-order valence-electron chi connectivity index (χ4n) is 3.40. The highest BCUT2D eigenvalue weighted by Crippen LogP contribution is 2.38. The standard InChI is InChI=1S/C20H30O4/c1-13(2)11-20(23)17(21)10-16(14(3)4)18(19(20)22)24-12-15-8-6-5-7-9-15/h5-10,13-14,17-19,21-23H,11-12H2,1-4H3/t17-,18+,19+,20+/m1/s1. The van der Waals surface area contributed by atoms with Crippen molar-refractivity contribution in [2.24, 2.45) is 11.8 Å². The molecule has 1 aromatic rings. The molecule has 0 spiro atoms. The second-order valence-corrected chi connectivity index (χ2v) is 7.52. The van der Waals surface area contributed by atoms with Gasteiger partial charge in [0.25, 0.3) is 0 Å². The molecule has 0 heterocycles. The number of aliphatic hydroxyl groups excluding tert-OH is 2. The van der Waals surface area contributed by atoms with Gasteiger partial charge in [-0.3, -0.25) is 0 Å². The van der Waals surface area contributed by atoms with Crippen molar-refractivity contribution in [1.29, 1.82) is 0 Å². The van der Waals surface area contributed by atoms with Gasteiger partial charge >= 0.3 is 0 Å². The fourth-order valence-corrected chi connectivity index (χ4v) is 3.40. The zero-order chi connectivity index (χ0) is 17.9. The van der Waals surface area contributed by atoms with E-state index in [2.05, 4.69) is 0 Å². The largest absolute Gasteiger partial charge is 0.387 e. The van der Waals surface area contributed by atoms with Crippen LogP contribution in [0.3, 0.4) is 0 Å². The van der Waals surface area contributed by atoms with E-state index in [1.807, 2.05) is 58.0 Å². The molecule has 0 bridgehead atoms. The van der Waals surface area contributed by atoms with Crippen molar-refractivity contribution < 1.29 is 20.1 Å². The summed E-state index contributed by atoms with van der Waals surface area (Å²) in [5, 5.41) is 32.2. The number of hydrogen-bond donors (Lipinski definition) is 3.